The maximum atomic E-state index is 10.9. The molecule has 14 heavy (non-hydrogen) atoms. The first kappa shape index (κ1) is 9.83. The van der Waals surface area contributed by atoms with Crippen molar-refractivity contribution in [3.8, 4) is 0 Å². The van der Waals surface area contributed by atoms with Gasteiger partial charge in [-0.05, 0) is 12.8 Å². The van der Waals surface area contributed by atoms with Crippen molar-refractivity contribution in [1.29, 1.82) is 0 Å². The van der Waals surface area contributed by atoms with Gasteiger partial charge in [0.1, 0.15) is 0 Å². The highest BCUT2D eigenvalue weighted by molar-refractivity contribution is 8.13. The summed E-state index contributed by atoms with van der Waals surface area (Å²) < 4.78 is 0. The van der Waals surface area contributed by atoms with Crippen molar-refractivity contribution in [3.05, 3.63) is 0 Å². The molecule has 2 rings (SSSR count). The lowest BCUT2D eigenvalue weighted by atomic mass is 10.1. The van der Waals surface area contributed by atoms with Crippen molar-refractivity contribution in [2.75, 3.05) is 18.8 Å². The number of aliphatic imine (C=N–C) groups is 1. The lowest BCUT2D eigenvalue weighted by Gasteiger charge is -2.08. The number of thioether (sulfide) groups is 1. The molecular weight excluding hydrogens is 198 g/mol. The van der Waals surface area contributed by atoms with Gasteiger partial charge in [-0.1, -0.05) is 11.8 Å². The molecule has 0 aromatic heterocycles. The van der Waals surface area contributed by atoms with Crippen LogP contribution in [0.25, 0.3) is 0 Å². The topological polar surface area (TPSA) is 53.5 Å². The highest BCUT2D eigenvalue weighted by Gasteiger charge is 2.22. The van der Waals surface area contributed by atoms with E-state index in [1.54, 1.807) is 11.8 Å². The molecule has 0 aromatic rings. The van der Waals surface area contributed by atoms with Crippen molar-refractivity contribution in [2.45, 2.75) is 19.4 Å². The normalized spacial score (nSPS) is 31.2. The van der Waals surface area contributed by atoms with Gasteiger partial charge in [-0.15, -0.1) is 0 Å². The van der Waals surface area contributed by atoms with E-state index < -0.39 is 0 Å². The van der Waals surface area contributed by atoms with E-state index in [-0.39, 0.29) is 5.91 Å². The van der Waals surface area contributed by atoms with Gasteiger partial charge in [0, 0.05) is 24.8 Å². The second kappa shape index (κ2) is 4.21. The van der Waals surface area contributed by atoms with E-state index in [9.17, 15) is 4.79 Å². The van der Waals surface area contributed by atoms with E-state index in [4.69, 9.17) is 0 Å². The zero-order chi connectivity index (χ0) is 9.97. The fraction of sp³-hybridized carbons (Fsp3) is 0.778. The summed E-state index contributed by atoms with van der Waals surface area (Å²) in [6, 6.07) is 0.473. The summed E-state index contributed by atoms with van der Waals surface area (Å²) >= 11 is 1.73. The van der Waals surface area contributed by atoms with Crippen LogP contribution in [0.5, 0.6) is 0 Å². The molecule has 1 saturated heterocycles. The van der Waals surface area contributed by atoms with Crippen LogP contribution in [0.15, 0.2) is 4.99 Å². The Hall–Kier alpha value is -0.710. The van der Waals surface area contributed by atoms with Crippen molar-refractivity contribution >= 4 is 22.8 Å². The number of carbonyl (C=O) groups is 1. The lowest BCUT2D eigenvalue weighted by molar-refractivity contribution is -0.119. The number of carbonyl (C=O) groups excluding carboxylic acids is 1. The Bertz CT molecular complexity index is 267. The third-order valence-electron chi connectivity index (χ3n) is 2.40. The molecule has 5 heteroatoms. The molecule has 78 valence electrons. The SMILES string of the molecule is CC1CN=C(SCC2CNC(=O)C2)N1. The molecule has 1 amide bonds. The van der Waals surface area contributed by atoms with E-state index in [1.165, 1.54) is 0 Å². The number of amides is 1. The predicted molar refractivity (Wildman–Crippen MR) is 58.5 cm³/mol. The molecule has 2 N–H and O–H groups in total. The molecule has 0 aliphatic carbocycles. The highest BCUT2D eigenvalue weighted by atomic mass is 32.2. The van der Waals surface area contributed by atoms with E-state index in [1.807, 2.05) is 0 Å². The summed E-state index contributed by atoms with van der Waals surface area (Å²) in [5.74, 6) is 1.65. The molecule has 2 aliphatic rings. The standard InChI is InChI=1S/C9H15N3OS/c1-6-3-11-9(12-6)14-5-7-2-8(13)10-4-7/h6-7H,2-5H2,1H3,(H,10,13)(H,11,12). The molecule has 2 heterocycles. The summed E-state index contributed by atoms with van der Waals surface area (Å²) in [5, 5.41) is 7.18. The summed E-state index contributed by atoms with van der Waals surface area (Å²) in [7, 11) is 0. The van der Waals surface area contributed by atoms with Crippen molar-refractivity contribution < 1.29 is 4.79 Å². The highest BCUT2D eigenvalue weighted by Crippen LogP contribution is 2.17. The van der Waals surface area contributed by atoms with Crippen LogP contribution in [-0.4, -0.2) is 36.0 Å². The smallest absolute Gasteiger partial charge is 0.220 e. The second-order valence-electron chi connectivity index (χ2n) is 3.88. The first-order valence-electron chi connectivity index (χ1n) is 4.94. The van der Waals surface area contributed by atoms with Gasteiger partial charge in [-0.3, -0.25) is 9.79 Å². The monoisotopic (exact) mass is 213 g/mol. The molecule has 2 aliphatic heterocycles. The van der Waals surface area contributed by atoms with Gasteiger partial charge in [0.05, 0.1) is 6.54 Å². The zero-order valence-corrected chi connectivity index (χ0v) is 9.06. The van der Waals surface area contributed by atoms with Crippen LogP contribution in [0.3, 0.4) is 0 Å². The van der Waals surface area contributed by atoms with Crippen LogP contribution in [0.2, 0.25) is 0 Å². The second-order valence-corrected chi connectivity index (χ2v) is 4.89. The fourth-order valence-electron chi connectivity index (χ4n) is 1.59. The molecule has 1 fully saturated rings. The first-order chi connectivity index (χ1) is 6.74. The van der Waals surface area contributed by atoms with Crippen LogP contribution in [0, 0.1) is 5.92 Å². The fourth-order valence-corrected chi connectivity index (χ4v) is 2.67. The number of amidine groups is 1. The Kier molecular flexibility index (Phi) is 2.96. The molecule has 0 saturated carbocycles. The quantitative estimate of drug-likeness (QED) is 0.689. The van der Waals surface area contributed by atoms with Crippen molar-refractivity contribution in [1.82, 2.24) is 10.6 Å². The molecular formula is C9H15N3OS. The minimum Gasteiger partial charge on any atom is -0.361 e. The van der Waals surface area contributed by atoms with Gasteiger partial charge in [0.25, 0.3) is 0 Å². The summed E-state index contributed by atoms with van der Waals surface area (Å²) in [5.41, 5.74) is 0. The van der Waals surface area contributed by atoms with E-state index >= 15 is 0 Å². The Morgan fingerprint density at radius 2 is 2.50 bits per heavy atom. The van der Waals surface area contributed by atoms with Gasteiger partial charge in [0.15, 0.2) is 5.17 Å². The number of hydrogen-bond acceptors (Lipinski definition) is 4. The van der Waals surface area contributed by atoms with Crippen LogP contribution >= 0.6 is 11.8 Å². The van der Waals surface area contributed by atoms with Gasteiger partial charge >= 0.3 is 0 Å². The molecule has 0 radical (unpaired) electrons. The third kappa shape index (κ3) is 2.41. The van der Waals surface area contributed by atoms with Gasteiger partial charge in [-0.2, -0.15) is 0 Å². The predicted octanol–water partition coefficient (Wildman–Crippen LogP) is 0.203. The Balaban J connectivity index is 1.70. The zero-order valence-electron chi connectivity index (χ0n) is 8.25. The molecule has 0 spiro atoms. The molecule has 2 atom stereocenters. The van der Waals surface area contributed by atoms with Crippen molar-refractivity contribution in [2.24, 2.45) is 10.9 Å². The van der Waals surface area contributed by atoms with Crippen LogP contribution < -0.4 is 10.6 Å². The molecule has 0 bridgehead atoms. The summed E-state index contributed by atoms with van der Waals surface area (Å²) in [6.45, 7) is 3.83. The maximum absolute atomic E-state index is 10.9. The number of nitrogens with one attached hydrogen (secondary N) is 2. The Morgan fingerprint density at radius 1 is 1.64 bits per heavy atom. The molecule has 2 unspecified atom stereocenters. The average Bonchev–Trinajstić information content (AvgIpc) is 2.72. The van der Waals surface area contributed by atoms with E-state index in [0.717, 1.165) is 24.0 Å². The van der Waals surface area contributed by atoms with Crippen LogP contribution in [0.1, 0.15) is 13.3 Å². The minimum atomic E-state index is 0.185. The van der Waals surface area contributed by atoms with Gasteiger partial charge < -0.3 is 10.6 Å². The largest absolute Gasteiger partial charge is 0.361 e. The number of hydrogen-bond donors (Lipinski definition) is 2. The number of rotatable bonds is 2. The maximum Gasteiger partial charge on any atom is 0.220 e. The van der Waals surface area contributed by atoms with Gasteiger partial charge in [0.2, 0.25) is 5.91 Å². The van der Waals surface area contributed by atoms with Crippen molar-refractivity contribution in [3.63, 3.8) is 0 Å². The van der Waals surface area contributed by atoms with E-state index in [0.29, 0.717) is 18.4 Å². The van der Waals surface area contributed by atoms with Crippen LogP contribution in [0.4, 0.5) is 0 Å². The summed E-state index contributed by atoms with van der Waals surface area (Å²) in [4.78, 5) is 15.3. The molecule has 0 aromatic carbocycles. The first-order valence-corrected chi connectivity index (χ1v) is 5.93. The number of nitrogens with zero attached hydrogens (tertiary/aromatic N) is 1. The average molecular weight is 213 g/mol. The minimum absolute atomic E-state index is 0.185. The Morgan fingerprint density at radius 3 is 3.07 bits per heavy atom. The lowest BCUT2D eigenvalue weighted by Crippen LogP contribution is -2.25. The Labute approximate surface area is 87.9 Å². The van der Waals surface area contributed by atoms with Crippen LogP contribution in [-0.2, 0) is 4.79 Å². The summed E-state index contributed by atoms with van der Waals surface area (Å²) in [6.07, 6.45) is 0.676. The molecule has 4 nitrogen and oxygen atoms in total. The third-order valence-corrected chi connectivity index (χ3v) is 3.55. The van der Waals surface area contributed by atoms with Gasteiger partial charge in [-0.25, -0.2) is 0 Å². The van der Waals surface area contributed by atoms with E-state index in [2.05, 4.69) is 22.5 Å².